The van der Waals surface area contributed by atoms with Gasteiger partial charge in [0.2, 0.25) is 0 Å². The van der Waals surface area contributed by atoms with Crippen molar-refractivity contribution in [2.75, 3.05) is 25.6 Å². The first-order valence-electron chi connectivity index (χ1n) is 13.5. The summed E-state index contributed by atoms with van der Waals surface area (Å²) in [4.78, 5) is 13.1. The SMILES string of the molecule is CCCc1sc(N)c(C#N)c1C1CCCc2c(-c3nc(S(C)=O)c4cnn(CC5CCCN5C)c4n3)noc21. The molecule has 3 unspecified atom stereocenters. The third-order valence-electron chi connectivity index (χ3n) is 8.04. The second-order valence-electron chi connectivity index (χ2n) is 10.5. The van der Waals surface area contributed by atoms with E-state index in [-0.39, 0.29) is 5.92 Å². The molecule has 1 aliphatic carbocycles. The van der Waals surface area contributed by atoms with E-state index < -0.39 is 10.8 Å². The molecule has 3 atom stereocenters. The Kier molecular flexibility index (Phi) is 6.99. The number of fused-ring (bicyclic) bond motifs is 2. The van der Waals surface area contributed by atoms with Crippen LogP contribution in [0.15, 0.2) is 15.7 Å². The van der Waals surface area contributed by atoms with Gasteiger partial charge in [0.1, 0.15) is 21.9 Å². The zero-order valence-electron chi connectivity index (χ0n) is 22.4. The molecule has 0 bridgehead atoms. The van der Waals surface area contributed by atoms with Gasteiger partial charge in [-0.25, -0.2) is 14.6 Å². The Morgan fingerprint density at radius 3 is 2.87 bits per heavy atom. The van der Waals surface area contributed by atoms with Gasteiger partial charge in [-0.3, -0.25) is 4.21 Å². The number of likely N-dealkylation sites (tertiary alicyclic amines) is 1. The van der Waals surface area contributed by atoms with Crippen LogP contribution in [0.25, 0.3) is 22.6 Å². The zero-order valence-corrected chi connectivity index (χ0v) is 24.1. The monoisotopic (exact) mass is 564 g/mol. The highest BCUT2D eigenvalue weighted by Crippen LogP contribution is 2.46. The molecule has 4 aromatic rings. The average Bonchev–Trinajstić information content (AvgIpc) is 3.70. The topological polar surface area (TPSA) is 140 Å². The standard InChI is InChI=1S/C27H32N8O2S2/c1-4-7-20-21(18(12-28)24(29)38-20)16-9-5-10-17-22(33-37-23(16)17)25-31-26-19(27(32-25)39(3)36)13-30-35(26)14-15-8-6-11-34(15)2/h13,15-16H,4-11,14,29H2,1-3H3. The summed E-state index contributed by atoms with van der Waals surface area (Å²) in [6.07, 6.45) is 10.00. The van der Waals surface area contributed by atoms with Gasteiger partial charge in [0, 0.05) is 28.7 Å². The molecule has 1 fully saturated rings. The number of anilines is 1. The van der Waals surface area contributed by atoms with Crippen LogP contribution < -0.4 is 5.73 Å². The molecule has 12 heteroatoms. The maximum atomic E-state index is 12.8. The molecule has 1 aliphatic heterocycles. The summed E-state index contributed by atoms with van der Waals surface area (Å²) >= 11 is 1.51. The van der Waals surface area contributed by atoms with Crippen molar-refractivity contribution in [2.45, 2.75) is 75.4 Å². The lowest BCUT2D eigenvalue weighted by Crippen LogP contribution is -2.29. The van der Waals surface area contributed by atoms with E-state index in [1.165, 1.54) is 17.8 Å². The van der Waals surface area contributed by atoms with E-state index in [0.717, 1.165) is 66.8 Å². The Labute approximate surface area is 233 Å². The van der Waals surface area contributed by atoms with Gasteiger partial charge in [-0.15, -0.1) is 11.3 Å². The highest BCUT2D eigenvalue weighted by Gasteiger charge is 2.35. The molecule has 0 saturated carbocycles. The van der Waals surface area contributed by atoms with Crippen molar-refractivity contribution in [2.24, 2.45) is 0 Å². The minimum Gasteiger partial charge on any atom is -0.389 e. The molecule has 2 aliphatic rings. The lowest BCUT2D eigenvalue weighted by atomic mass is 9.81. The van der Waals surface area contributed by atoms with E-state index in [4.69, 9.17) is 20.2 Å². The number of nitrogen functional groups attached to an aromatic ring is 1. The van der Waals surface area contributed by atoms with Crippen molar-refractivity contribution >= 4 is 38.2 Å². The van der Waals surface area contributed by atoms with E-state index in [9.17, 15) is 9.47 Å². The van der Waals surface area contributed by atoms with Crippen LogP contribution in [0, 0.1) is 11.3 Å². The number of nitrogens with zero attached hydrogens (tertiary/aromatic N) is 7. The minimum absolute atomic E-state index is 0.0910. The molecule has 0 radical (unpaired) electrons. The van der Waals surface area contributed by atoms with E-state index >= 15 is 0 Å². The van der Waals surface area contributed by atoms with Gasteiger partial charge in [0.25, 0.3) is 0 Å². The summed E-state index contributed by atoms with van der Waals surface area (Å²) in [5.74, 6) is 1.07. The summed E-state index contributed by atoms with van der Waals surface area (Å²) in [6.45, 7) is 3.91. The molecule has 1 saturated heterocycles. The second kappa shape index (κ2) is 10.4. The number of aryl methyl sites for hydroxylation is 1. The quantitative estimate of drug-likeness (QED) is 0.326. The van der Waals surface area contributed by atoms with Crippen molar-refractivity contribution in [1.29, 1.82) is 5.26 Å². The fourth-order valence-electron chi connectivity index (χ4n) is 6.11. The van der Waals surface area contributed by atoms with Crippen LogP contribution >= 0.6 is 11.3 Å². The first-order valence-corrected chi connectivity index (χ1v) is 15.9. The van der Waals surface area contributed by atoms with Gasteiger partial charge in [-0.2, -0.15) is 10.4 Å². The van der Waals surface area contributed by atoms with Gasteiger partial charge in [-0.05, 0) is 57.7 Å². The van der Waals surface area contributed by atoms with Crippen molar-refractivity contribution in [3.05, 3.63) is 33.5 Å². The Bertz CT molecular complexity index is 1610. The number of aromatic nitrogens is 5. The molecule has 10 nitrogen and oxygen atoms in total. The van der Waals surface area contributed by atoms with Gasteiger partial charge in [-0.1, -0.05) is 18.5 Å². The van der Waals surface area contributed by atoms with Crippen LogP contribution in [-0.2, 0) is 30.2 Å². The van der Waals surface area contributed by atoms with E-state index in [1.54, 1.807) is 12.5 Å². The van der Waals surface area contributed by atoms with Crippen LogP contribution in [0.3, 0.4) is 0 Å². The summed E-state index contributed by atoms with van der Waals surface area (Å²) in [5.41, 5.74) is 10.00. The fourth-order valence-corrected chi connectivity index (χ4v) is 7.96. The predicted molar refractivity (Wildman–Crippen MR) is 151 cm³/mol. The summed E-state index contributed by atoms with van der Waals surface area (Å²) in [5, 5.41) is 20.7. The minimum atomic E-state index is -1.34. The molecular weight excluding hydrogens is 532 g/mol. The van der Waals surface area contributed by atoms with E-state index in [2.05, 4.69) is 35.2 Å². The smallest absolute Gasteiger partial charge is 0.185 e. The summed E-state index contributed by atoms with van der Waals surface area (Å²) < 4.78 is 20.7. The number of hydrogen-bond donors (Lipinski definition) is 1. The average molecular weight is 565 g/mol. The number of hydrogen-bond acceptors (Lipinski definition) is 10. The molecule has 5 heterocycles. The number of rotatable bonds is 7. The number of thiophene rings is 1. The van der Waals surface area contributed by atoms with Crippen molar-refractivity contribution in [3.63, 3.8) is 0 Å². The van der Waals surface area contributed by atoms with Gasteiger partial charge in [0.05, 0.1) is 34.5 Å². The first kappa shape index (κ1) is 26.1. The Morgan fingerprint density at radius 1 is 1.31 bits per heavy atom. The number of nitrogens with two attached hydrogens (primary N) is 1. The number of likely N-dealkylation sites (N-methyl/N-ethyl adjacent to an activating group) is 1. The highest BCUT2D eigenvalue weighted by atomic mass is 32.2. The first-order chi connectivity index (χ1) is 18.9. The van der Waals surface area contributed by atoms with Crippen LogP contribution in [-0.4, -0.2) is 59.9 Å². The summed E-state index contributed by atoms with van der Waals surface area (Å²) in [6, 6.07) is 2.72. The van der Waals surface area contributed by atoms with Gasteiger partial charge < -0.3 is 15.2 Å². The molecule has 0 spiro atoms. The molecule has 0 aromatic carbocycles. The van der Waals surface area contributed by atoms with Crippen LogP contribution in [0.1, 0.15) is 72.3 Å². The highest BCUT2D eigenvalue weighted by molar-refractivity contribution is 7.84. The molecule has 204 valence electrons. The predicted octanol–water partition coefficient (Wildman–Crippen LogP) is 4.25. The molecule has 4 aromatic heterocycles. The molecular formula is C27H32N8O2S2. The Balaban J connectivity index is 1.45. The van der Waals surface area contributed by atoms with Crippen LogP contribution in [0.5, 0.6) is 0 Å². The van der Waals surface area contributed by atoms with Crippen LogP contribution in [0.4, 0.5) is 5.00 Å². The third-order valence-corrected chi connectivity index (χ3v) is 9.99. The van der Waals surface area contributed by atoms with Crippen molar-refractivity contribution in [1.82, 2.24) is 29.8 Å². The summed E-state index contributed by atoms with van der Waals surface area (Å²) in [7, 11) is 0.798. The van der Waals surface area contributed by atoms with Crippen molar-refractivity contribution in [3.8, 4) is 17.6 Å². The largest absolute Gasteiger partial charge is 0.389 e. The maximum Gasteiger partial charge on any atom is 0.185 e. The third kappa shape index (κ3) is 4.46. The lowest BCUT2D eigenvalue weighted by molar-refractivity contribution is 0.276. The number of nitriles is 1. The molecule has 2 N–H and O–H groups in total. The maximum absolute atomic E-state index is 12.8. The fraction of sp³-hybridized carbons (Fsp3) is 0.519. The lowest BCUT2D eigenvalue weighted by Gasteiger charge is -2.21. The molecule has 6 rings (SSSR count). The zero-order chi connectivity index (χ0) is 27.3. The van der Waals surface area contributed by atoms with E-state index in [0.29, 0.717) is 50.7 Å². The van der Waals surface area contributed by atoms with E-state index in [1.807, 2.05) is 4.68 Å². The molecule has 0 amide bonds. The van der Waals surface area contributed by atoms with Crippen molar-refractivity contribution < 1.29 is 8.73 Å². The Hall–Kier alpha value is -3.14. The molecule has 39 heavy (non-hydrogen) atoms. The normalized spacial score (nSPS) is 20.4. The Morgan fingerprint density at radius 2 is 2.15 bits per heavy atom. The van der Waals surface area contributed by atoms with Gasteiger partial charge >= 0.3 is 0 Å². The van der Waals surface area contributed by atoms with Crippen LogP contribution in [0.2, 0.25) is 0 Å². The van der Waals surface area contributed by atoms with Gasteiger partial charge in [0.15, 0.2) is 17.2 Å². The second-order valence-corrected chi connectivity index (χ2v) is 12.9.